The summed E-state index contributed by atoms with van der Waals surface area (Å²) in [4.78, 5) is 41.0. The second kappa shape index (κ2) is 22.4. The molecule has 3 aliphatic heterocycles. The largest absolute Gasteiger partial charge is 0.298 e. The van der Waals surface area contributed by atoms with Gasteiger partial charge in [0.25, 0.3) is 17.7 Å². The lowest BCUT2D eigenvalue weighted by Crippen LogP contribution is -2.62. The van der Waals surface area contributed by atoms with Crippen molar-refractivity contribution in [2.24, 2.45) is 16.2 Å². The van der Waals surface area contributed by atoms with Gasteiger partial charge in [0, 0.05) is 84.7 Å². The molecule has 3 aliphatic carbocycles. The van der Waals surface area contributed by atoms with Crippen LogP contribution in [0.25, 0.3) is 0 Å². The second-order valence-electron chi connectivity index (χ2n) is 20.4. The fourth-order valence-corrected chi connectivity index (χ4v) is 13.1. The zero-order valence-corrected chi connectivity index (χ0v) is 39.4. The Labute approximate surface area is 393 Å². The Morgan fingerprint density at radius 2 is 0.881 bits per heavy atom. The summed E-state index contributed by atoms with van der Waals surface area (Å²) in [5, 5.41) is 25.8. The Morgan fingerprint density at radius 1 is 0.522 bits per heavy atom. The molecule has 0 radical (unpaired) electrons. The van der Waals surface area contributed by atoms with Crippen molar-refractivity contribution in [3.8, 4) is 0 Å². The van der Waals surface area contributed by atoms with Gasteiger partial charge in [-0.25, -0.2) is 29.6 Å². The molecule has 3 spiro atoms. The van der Waals surface area contributed by atoms with E-state index in [9.17, 15) is 27.6 Å². The summed E-state index contributed by atoms with van der Waals surface area (Å²) in [5.41, 5.74) is 8.22. The molecule has 0 bridgehead atoms. The van der Waals surface area contributed by atoms with Gasteiger partial charge in [-0.05, 0) is 123 Å². The SMILES string of the molecule is CC[C@@H]1N(Cc2ccc(C(=O)NO)cc2F)CC12CCCC2.CC[C@H]1N(Cc2ccc(C(=O)NO)cc2F)CC12CCCC2.O=C(NO)c1ccc(CN2CCCC3(CCCCC3)C2)c(F)c1. The third kappa shape index (κ3) is 11.4. The van der Waals surface area contributed by atoms with E-state index in [0.717, 1.165) is 39.0 Å². The van der Waals surface area contributed by atoms with Crippen molar-refractivity contribution in [1.82, 2.24) is 31.1 Å². The van der Waals surface area contributed by atoms with E-state index in [1.807, 2.05) is 0 Å². The Balaban J connectivity index is 0.000000149. The third-order valence-electron chi connectivity index (χ3n) is 16.3. The van der Waals surface area contributed by atoms with Gasteiger partial charge in [-0.15, -0.1) is 0 Å². The number of hydroxylamine groups is 3. The minimum Gasteiger partial charge on any atom is -0.298 e. The van der Waals surface area contributed by atoms with E-state index in [-0.39, 0.29) is 34.1 Å². The van der Waals surface area contributed by atoms with Gasteiger partial charge in [0.1, 0.15) is 17.5 Å². The highest BCUT2D eigenvalue weighted by Crippen LogP contribution is 2.53. The van der Waals surface area contributed by atoms with Crippen LogP contribution in [0.2, 0.25) is 0 Å². The van der Waals surface area contributed by atoms with Gasteiger partial charge in [-0.2, -0.15) is 0 Å². The van der Waals surface area contributed by atoms with Crippen LogP contribution in [0.3, 0.4) is 0 Å². The van der Waals surface area contributed by atoms with Crippen LogP contribution in [0, 0.1) is 33.7 Å². The molecule has 3 heterocycles. The average Bonchev–Trinajstić information content (AvgIpc) is 4.04. The number of halogens is 3. The van der Waals surface area contributed by atoms with Crippen LogP contribution in [-0.4, -0.2) is 86.3 Å². The Bertz CT molecular complexity index is 2090. The maximum absolute atomic E-state index is 14.2. The summed E-state index contributed by atoms with van der Waals surface area (Å²) in [5.74, 6) is -3.22. The number of likely N-dealkylation sites (tertiary alicyclic amines) is 3. The number of hydrogen-bond acceptors (Lipinski definition) is 9. The molecule has 67 heavy (non-hydrogen) atoms. The van der Waals surface area contributed by atoms with Gasteiger partial charge in [-0.3, -0.25) is 44.7 Å². The topological polar surface area (TPSA) is 158 Å². The van der Waals surface area contributed by atoms with Gasteiger partial charge in [-0.1, -0.05) is 77.0 Å². The van der Waals surface area contributed by atoms with Gasteiger partial charge < -0.3 is 0 Å². The van der Waals surface area contributed by atoms with Crippen molar-refractivity contribution in [2.75, 3.05) is 26.2 Å². The fraction of sp³-hybridized carbons (Fsp3) is 0.596. The molecule has 366 valence electrons. The molecular weight excluding hydrogens is 862 g/mol. The second-order valence-corrected chi connectivity index (χ2v) is 20.4. The normalized spacial score (nSPS) is 22.7. The zero-order valence-electron chi connectivity index (χ0n) is 39.4. The summed E-state index contributed by atoms with van der Waals surface area (Å²) in [6, 6.07) is 14.3. The fourth-order valence-electron chi connectivity index (χ4n) is 13.1. The molecular formula is C52H71F3N6O6. The standard InChI is InChI=1S/C18H25FN2O2.2C17H23FN2O2/c19-16-11-14(17(22)20-23)5-6-15(16)12-21-10-4-9-18(13-21)7-2-1-3-8-18;2*1-2-15-17(7-3-4-8-17)11-20(15)10-13-6-5-12(9-14(13)18)16(21)19-22/h5-6,11,23H,1-4,7-10,12-13H2,(H,20,22);2*5-6,9,15,22H,2-4,7-8,10-11H2,1H3,(H,19,21)/t;2*15-/m.10/s1. The quantitative estimate of drug-likeness (QED) is 0.0814. The Morgan fingerprint density at radius 3 is 1.24 bits per heavy atom. The molecule has 6 N–H and O–H groups in total. The molecule has 0 unspecified atom stereocenters. The highest BCUT2D eigenvalue weighted by molar-refractivity contribution is 5.94. The van der Waals surface area contributed by atoms with E-state index >= 15 is 0 Å². The molecule has 3 amide bonds. The average molecular weight is 933 g/mol. The first kappa shape index (κ1) is 50.5. The molecule has 3 saturated carbocycles. The first-order valence-corrected chi connectivity index (χ1v) is 24.7. The molecule has 3 aromatic carbocycles. The number of benzene rings is 3. The van der Waals surface area contributed by atoms with Crippen LogP contribution < -0.4 is 16.4 Å². The van der Waals surface area contributed by atoms with Crippen molar-refractivity contribution in [3.63, 3.8) is 0 Å². The number of amides is 3. The summed E-state index contributed by atoms with van der Waals surface area (Å²) in [6.45, 7) is 10.4. The van der Waals surface area contributed by atoms with Crippen molar-refractivity contribution in [3.05, 3.63) is 105 Å². The lowest BCUT2D eigenvalue weighted by Gasteiger charge is -2.56. The molecule has 9 rings (SSSR count). The lowest BCUT2D eigenvalue weighted by atomic mass is 9.69. The summed E-state index contributed by atoms with van der Waals surface area (Å²) in [7, 11) is 0. The summed E-state index contributed by atoms with van der Waals surface area (Å²) in [6.07, 6.45) is 21.8. The number of rotatable bonds is 11. The predicted octanol–water partition coefficient (Wildman–Crippen LogP) is 9.69. The minimum absolute atomic E-state index is 0.131. The number of carbonyl (C=O) groups excluding carboxylic acids is 3. The van der Waals surface area contributed by atoms with Gasteiger partial charge in [0.2, 0.25) is 0 Å². The molecule has 3 saturated heterocycles. The van der Waals surface area contributed by atoms with Crippen molar-refractivity contribution >= 4 is 17.7 Å². The zero-order chi connectivity index (χ0) is 47.8. The summed E-state index contributed by atoms with van der Waals surface area (Å²) < 4.78 is 42.6. The number of nitrogens with one attached hydrogen (secondary N) is 3. The van der Waals surface area contributed by atoms with Crippen LogP contribution in [0.4, 0.5) is 13.2 Å². The highest BCUT2D eigenvalue weighted by Gasteiger charge is 2.53. The molecule has 2 atom stereocenters. The van der Waals surface area contributed by atoms with E-state index in [4.69, 9.17) is 15.6 Å². The minimum atomic E-state index is -0.689. The molecule has 3 aromatic rings. The molecule has 12 nitrogen and oxygen atoms in total. The van der Waals surface area contributed by atoms with Crippen LogP contribution in [0.1, 0.15) is 171 Å². The monoisotopic (exact) mass is 933 g/mol. The maximum Gasteiger partial charge on any atom is 0.274 e. The number of piperidine rings is 1. The van der Waals surface area contributed by atoms with E-state index < -0.39 is 17.7 Å². The smallest absolute Gasteiger partial charge is 0.274 e. The number of nitrogens with zero attached hydrogens (tertiary/aromatic N) is 3. The van der Waals surface area contributed by atoms with E-state index in [1.165, 1.54) is 131 Å². The van der Waals surface area contributed by atoms with E-state index in [1.54, 1.807) is 36.4 Å². The molecule has 6 aliphatic rings. The van der Waals surface area contributed by atoms with Crippen molar-refractivity contribution in [1.29, 1.82) is 0 Å². The highest BCUT2D eigenvalue weighted by atomic mass is 19.1. The Hall–Kier alpha value is -4.38. The summed E-state index contributed by atoms with van der Waals surface area (Å²) >= 11 is 0. The predicted molar refractivity (Wildman–Crippen MR) is 248 cm³/mol. The first-order chi connectivity index (χ1) is 32.3. The van der Waals surface area contributed by atoms with Crippen molar-refractivity contribution < 1.29 is 43.2 Å². The van der Waals surface area contributed by atoms with E-state index in [0.29, 0.717) is 64.7 Å². The molecule has 15 heteroatoms. The van der Waals surface area contributed by atoms with Crippen molar-refractivity contribution in [2.45, 2.75) is 155 Å². The van der Waals surface area contributed by atoms with E-state index in [2.05, 4.69) is 28.5 Å². The number of carbonyl (C=O) groups is 3. The molecule has 0 aromatic heterocycles. The third-order valence-corrected chi connectivity index (χ3v) is 16.3. The Kier molecular flexibility index (Phi) is 16.9. The van der Waals surface area contributed by atoms with Gasteiger partial charge in [0.15, 0.2) is 0 Å². The first-order valence-electron chi connectivity index (χ1n) is 24.7. The van der Waals surface area contributed by atoms with Crippen LogP contribution in [0.15, 0.2) is 54.6 Å². The van der Waals surface area contributed by atoms with Crippen LogP contribution >= 0.6 is 0 Å². The number of hydrogen-bond donors (Lipinski definition) is 6. The van der Waals surface area contributed by atoms with Gasteiger partial charge >= 0.3 is 0 Å². The van der Waals surface area contributed by atoms with Crippen LogP contribution in [0.5, 0.6) is 0 Å². The van der Waals surface area contributed by atoms with Crippen LogP contribution in [-0.2, 0) is 19.6 Å². The van der Waals surface area contributed by atoms with Gasteiger partial charge in [0.05, 0.1) is 0 Å². The maximum atomic E-state index is 14.2. The lowest BCUT2D eigenvalue weighted by molar-refractivity contribution is -0.0788. The molecule has 6 fully saturated rings.